The zero-order valence-corrected chi connectivity index (χ0v) is 11.3. The molecule has 1 amide bonds. The van der Waals surface area contributed by atoms with Crippen LogP contribution in [0.25, 0.3) is 0 Å². The average molecular weight is 285 g/mol. The van der Waals surface area contributed by atoms with Crippen LogP contribution >= 0.6 is 0 Å². The van der Waals surface area contributed by atoms with E-state index in [1.54, 1.807) is 36.4 Å². The van der Waals surface area contributed by atoms with E-state index in [9.17, 15) is 9.59 Å². The highest BCUT2D eigenvalue weighted by molar-refractivity contribution is 5.91. The SMILES string of the molecule is O=C(O)Cc1ccc(OCC(=O)Nc2ccccc2)cc1. The third-order valence-corrected chi connectivity index (χ3v) is 2.71. The number of hydrogen-bond acceptors (Lipinski definition) is 3. The molecule has 108 valence electrons. The summed E-state index contributed by atoms with van der Waals surface area (Å²) in [5, 5.41) is 11.4. The second-order valence-corrected chi connectivity index (χ2v) is 4.42. The van der Waals surface area contributed by atoms with Gasteiger partial charge in [0.1, 0.15) is 5.75 Å². The molecule has 0 saturated heterocycles. The van der Waals surface area contributed by atoms with Crippen LogP contribution in [0, 0.1) is 0 Å². The summed E-state index contributed by atoms with van der Waals surface area (Å²) in [6.45, 7) is -0.104. The Hall–Kier alpha value is -2.82. The lowest BCUT2D eigenvalue weighted by molar-refractivity contribution is -0.136. The Morgan fingerprint density at radius 3 is 2.29 bits per heavy atom. The largest absolute Gasteiger partial charge is 0.484 e. The fourth-order valence-corrected chi connectivity index (χ4v) is 1.75. The van der Waals surface area contributed by atoms with Crippen molar-refractivity contribution in [2.75, 3.05) is 11.9 Å². The highest BCUT2D eigenvalue weighted by Gasteiger charge is 2.04. The van der Waals surface area contributed by atoms with E-state index in [2.05, 4.69) is 5.32 Å². The molecule has 2 aromatic rings. The Balaban J connectivity index is 1.82. The second kappa shape index (κ2) is 7.09. The Morgan fingerprint density at radius 1 is 1.00 bits per heavy atom. The zero-order chi connectivity index (χ0) is 15.1. The number of rotatable bonds is 6. The molecule has 0 aliphatic rings. The minimum absolute atomic E-state index is 0.0330. The van der Waals surface area contributed by atoms with Gasteiger partial charge in [0, 0.05) is 5.69 Å². The topological polar surface area (TPSA) is 75.6 Å². The molecule has 0 saturated carbocycles. The van der Waals surface area contributed by atoms with Crippen molar-refractivity contribution in [3.8, 4) is 5.75 Å². The van der Waals surface area contributed by atoms with Crippen LogP contribution in [0.15, 0.2) is 54.6 Å². The number of ether oxygens (including phenoxy) is 1. The lowest BCUT2D eigenvalue weighted by Crippen LogP contribution is -2.20. The number of carbonyl (C=O) groups is 2. The fourth-order valence-electron chi connectivity index (χ4n) is 1.75. The molecule has 0 heterocycles. The molecule has 0 bridgehead atoms. The molecular weight excluding hydrogens is 270 g/mol. The summed E-state index contributed by atoms with van der Waals surface area (Å²) in [6, 6.07) is 15.7. The number of benzene rings is 2. The Labute approximate surface area is 122 Å². The number of carboxylic acid groups (broad SMARTS) is 1. The molecule has 0 radical (unpaired) electrons. The molecule has 0 aromatic heterocycles. The van der Waals surface area contributed by atoms with Crippen LogP contribution < -0.4 is 10.1 Å². The lowest BCUT2D eigenvalue weighted by Gasteiger charge is -2.08. The van der Waals surface area contributed by atoms with Crippen molar-refractivity contribution < 1.29 is 19.4 Å². The molecule has 0 spiro atoms. The van der Waals surface area contributed by atoms with Crippen molar-refractivity contribution in [1.82, 2.24) is 0 Å². The summed E-state index contributed by atoms with van der Waals surface area (Å²) in [5.41, 5.74) is 1.39. The van der Waals surface area contributed by atoms with E-state index in [0.29, 0.717) is 17.0 Å². The Bertz CT molecular complexity index is 608. The normalized spacial score (nSPS) is 9.90. The number of para-hydroxylation sites is 1. The van der Waals surface area contributed by atoms with Crippen LogP contribution in [0.1, 0.15) is 5.56 Å². The van der Waals surface area contributed by atoms with Gasteiger partial charge in [-0.25, -0.2) is 0 Å². The van der Waals surface area contributed by atoms with Gasteiger partial charge in [0.05, 0.1) is 6.42 Å². The van der Waals surface area contributed by atoms with E-state index in [4.69, 9.17) is 9.84 Å². The van der Waals surface area contributed by atoms with Gasteiger partial charge in [-0.2, -0.15) is 0 Å². The van der Waals surface area contributed by atoms with Crippen LogP contribution in [0.5, 0.6) is 5.75 Å². The summed E-state index contributed by atoms with van der Waals surface area (Å²) < 4.78 is 5.34. The minimum atomic E-state index is -0.883. The maximum absolute atomic E-state index is 11.7. The second-order valence-electron chi connectivity index (χ2n) is 4.42. The summed E-state index contributed by atoms with van der Waals surface area (Å²) in [4.78, 5) is 22.2. The number of amides is 1. The Morgan fingerprint density at radius 2 is 1.67 bits per heavy atom. The molecule has 0 atom stereocenters. The van der Waals surface area contributed by atoms with Crippen LogP contribution in [0.3, 0.4) is 0 Å². The van der Waals surface area contributed by atoms with Gasteiger partial charge in [-0.3, -0.25) is 9.59 Å². The predicted octanol–water partition coefficient (Wildman–Crippen LogP) is 2.33. The maximum Gasteiger partial charge on any atom is 0.307 e. The molecule has 5 heteroatoms. The summed E-state index contributed by atoms with van der Waals surface area (Å²) >= 11 is 0. The van der Waals surface area contributed by atoms with Crippen LogP contribution in [0.2, 0.25) is 0 Å². The zero-order valence-electron chi connectivity index (χ0n) is 11.3. The van der Waals surface area contributed by atoms with Crippen molar-refractivity contribution in [1.29, 1.82) is 0 Å². The standard InChI is InChI=1S/C16H15NO4/c18-15(17-13-4-2-1-3-5-13)11-21-14-8-6-12(7-9-14)10-16(19)20/h1-9H,10-11H2,(H,17,18)(H,19,20). The van der Waals surface area contributed by atoms with E-state index < -0.39 is 5.97 Å². The third kappa shape index (κ3) is 4.99. The van der Waals surface area contributed by atoms with Crippen LogP contribution in [-0.2, 0) is 16.0 Å². The number of carboxylic acids is 1. The highest BCUT2D eigenvalue weighted by atomic mass is 16.5. The first-order valence-electron chi connectivity index (χ1n) is 6.42. The van der Waals surface area contributed by atoms with Crippen LogP contribution in [-0.4, -0.2) is 23.6 Å². The number of aliphatic carboxylic acids is 1. The van der Waals surface area contributed by atoms with E-state index in [1.165, 1.54) is 0 Å². The molecular formula is C16H15NO4. The minimum Gasteiger partial charge on any atom is -0.484 e. The van der Waals surface area contributed by atoms with Gasteiger partial charge >= 0.3 is 5.97 Å². The van der Waals surface area contributed by atoms with Crippen molar-refractivity contribution in [3.63, 3.8) is 0 Å². The molecule has 2 N–H and O–H groups in total. The number of hydrogen-bond donors (Lipinski definition) is 2. The van der Waals surface area contributed by atoms with Gasteiger partial charge in [0.25, 0.3) is 5.91 Å². The first-order chi connectivity index (χ1) is 10.1. The predicted molar refractivity (Wildman–Crippen MR) is 78.3 cm³/mol. The first kappa shape index (κ1) is 14.6. The smallest absolute Gasteiger partial charge is 0.307 e. The summed E-state index contributed by atoms with van der Waals surface area (Å²) in [7, 11) is 0. The van der Waals surface area contributed by atoms with E-state index >= 15 is 0 Å². The van der Waals surface area contributed by atoms with Gasteiger partial charge in [-0.05, 0) is 29.8 Å². The highest BCUT2D eigenvalue weighted by Crippen LogP contribution is 2.13. The quantitative estimate of drug-likeness (QED) is 0.854. The summed E-state index contributed by atoms with van der Waals surface area (Å²) in [5.74, 6) is -0.617. The van der Waals surface area contributed by atoms with Crippen molar-refractivity contribution >= 4 is 17.6 Å². The lowest BCUT2D eigenvalue weighted by atomic mass is 10.1. The van der Waals surface area contributed by atoms with Gasteiger partial charge < -0.3 is 15.2 Å². The Kier molecular flexibility index (Phi) is 4.93. The number of nitrogens with one attached hydrogen (secondary N) is 1. The van der Waals surface area contributed by atoms with Gasteiger partial charge in [0.2, 0.25) is 0 Å². The summed E-state index contributed by atoms with van der Waals surface area (Å²) in [6.07, 6.45) is -0.0330. The van der Waals surface area contributed by atoms with Crippen molar-refractivity contribution in [2.45, 2.75) is 6.42 Å². The van der Waals surface area contributed by atoms with Gasteiger partial charge in [0.15, 0.2) is 6.61 Å². The molecule has 0 aliphatic heterocycles. The molecule has 0 aliphatic carbocycles. The number of carbonyl (C=O) groups excluding carboxylic acids is 1. The average Bonchev–Trinajstić information content (AvgIpc) is 2.47. The third-order valence-electron chi connectivity index (χ3n) is 2.71. The van der Waals surface area contributed by atoms with Crippen LogP contribution in [0.4, 0.5) is 5.69 Å². The van der Waals surface area contributed by atoms with Crippen molar-refractivity contribution in [3.05, 3.63) is 60.2 Å². The fraction of sp³-hybridized carbons (Fsp3) is 0.125. The molecule has 2 aromatic carbocycles. The van der Waals surface area contributed by atoms with Gasteiger partial charge in [-0.1, -0.05) is 30.3 Å². The first-order valence-corrected chi connectivity index (χ1v) is 6.42. The molecule has 0 unspecified atom stereocenters. The van der Waals surface area contributed by atoms with E-state index in [-0.39, 0.29) is 18.9 Å². The maximum atomic E-state index is 11.7. The molecule has 0 fully saturated rings. The molecule has 2 rings (SSSR count). The molecule has 5 nitrogen and oxygen atoms in total. The monoisotopic (exact) mass is 285 g/mol. The van der Waals surface area contributed by atoms with E-state index in [0.717, 1.165) is 0 Å². The molecule has 21 heavy (non-hydrogen) atoms. The van der Waals surface area contributed by atoms with Gasteiger partial charge in [-0.15, -0.1) is 0 Å². The van der Waals surface area contributed by atoms with Crippen molar-refractivity contribution in [2.24, 2.45) is 0 Å². The number of anilines is 1. The van der Waals surface area contributed by atoms with E-state index in [1.807, 2.05) is 18.2 Å².